The van der Waals surface area contributed by atoms with E-state index in [0.29, 0.717) is 21.7 Å². The minimum absolute atomic E-state index is 0.263. The van der Waals surface area contributed by atoms with E-state index in [4.69, 9.17) is 17.3 Å². The largest absolute Gasteiger partial charge is 0.383 e. The van der Waals surface area contributed by atoms with Crippen molar-refractivity contribution < 1.29 is 4.39 Å². The highest BCUT2D eigenvalue weighted by Gasteiger charge is 2.10. The number of hydrogen-bond donors (Lipinski definition) is 1. The van der Waals surface area contributed by atoms with Crippen molar-refractivity contribution in [2.24, 2.45) is 0 Å². The SMILES string of the molecule is Cc1cc(Cl)ccc1-c1nc(N)c2cc(F)ccc2n1. The summed E-state index contributed by atoms with van der Waals surface area (Å²) >= 11 is 5.94. The zero-order valence-electron chi connectivity index (χ0n) is 10.7. The molecule has 0 aliphatic carbocycles. The number of nitrogen functional groups attached to an aromatic ring is 1. The Hall–Kier alpha value is -2.20. The summed E-state index contributed by atoms with van der Waals surface area (Å²) in [5.74, 6) is 0.415. The molecule has 0 saturated heterocycles. The fraction of sp³-hybridized carbons (Fsp3) is 0.0667. The van der Waals surface area contributed by atoms with Gasteiger partial charge >= 0.3 is 0 Å². The van der Waals surface area contributed by atoms with Crippen molar-refractivity contribution in [3.63, 3.8) is 0 Å². The lowest BCUT2D eigenvalue weighted by Crippen LogP contribution is -1.99. The molecular weight excluding hydrogens is 277 g/mol. The Kier molecular flexibility index (Phi) is 3.03. The van der Waals surface area contributed by atoms with E-state index in [-0.39, 0.29) is 11.6 Å². The van der Waals surface area contributed by atoms with Crippen molar-refractivity contribution >= 4 is 28.3 Å². The van der Waals surface area contributed by atoms with Gasteiger partial charge in [0.2, 0.25) is 0 Å². The maximum atomic E-state index is 13.2. The van der Waals surface area contributed by atoms with E-state index in [2.05, 4.69) is 9.97 Å². The third-order valence-corrected chi connectivity index (χ3v) is 3.35. The maximum absolute atomic E-state index is 13.2. The topological polar surface area (TPSA) is 51.8 Å². The second-order valence-corrected chi connectivity index (χ2v) is 4.99. The monoisotopic (exact) mass is 287 g/mol. The molecule has 0 radical (unpaired) electrons. The average molecular weight is 288 g/mol. The van der Waals surface area contributed by atoms with Gasteiger partial charge in [-0.15, -0.1) is 0 Å². The highest BCUT2D eigenvalue weighted by atomic mass is 35.5. The summed E-state index contributed by atoms with van der Waals surface area (Å²) in [7, 11) is 0. The van der Waals surface area contributed by atoms with E-state index in [1.165, 1.54) is 12.1 Å². The summed E-state index contributed by atoms with van der Waals surface area (Å²) in [4.78, 5) is 8.70. The molecule has 2 N–H and O–H groups in total. The first-order chi connectivity index (χ1) is 9.54. The first kappa shape index (κ1) is 12.8. The highest BCUT2D eigenvalue weighted by Crippen LogP contribution is 2.27. The number of nitrogens with two attached hydrogens (primary N) is 1. The predicted molar refractivity (Wildman–Crippen MR) is 79.1 cm³/mol. The molecule has 0 saturated carbocycles. The second kappa shape index (κ2) is 4.72. The molecule has 3 rings (SSSR count). The molecular formula is C15H11ClFN3. The number of aromatic nitrogens is 2. The summed E-state index contributed by atoms with van der Waals surface area (Å²) in [6, 6.07) is 9.75. The Morgan fingerprint density at radius 3 is 2.65 bits per heavy atom. The van der Waals surface area contributed by atoms with Gasteiger partial charge in [-0.2, -0.15) is 0 Å². The molecule has 2 aromatic carbocycles. The van der Waals surface area contributed by atoms with Gasteiger partial charge < -0.3 is 5.73 Å². The van der Waals surface area contributed by atoms with E-state index >= 15 is 0 Å². The van der Waals surface area contributed by atoms with Crippen molar-refractivity contribution in [2.45, 2.75) is 6.92 Å². The van der Waals surface area contributed by atoms with Crippen LogP contribution in [-0.2, 0) is 0 Å². The van der Waals surface area contributed by atoms with Crippen molar-refractivity contribution in [1.82, 2.24) is 9.97 Å². The molecule has 0 bridgehead atoms. The number of benzene rings is 2. The molecule has 3 nitrogen and oxygen atoms in total. The fourth-order valence-corrected chi connectivity index (χ4v) is 2.35. The predicted octanol–water partition coefficient (Wildman–Crippen LogP) is 3.98. The molecule has 0 fully saturated rings. The van der Waals surface area contributed by atoms with Gasteiger partial charge in [-0.25, -0.2) is 14.4 Å². The second-order valence-electron chi connectivity index (χ2n) is 4.55. The normalized spacial score (nSPS) is 10.9. The lowest BCUT2D eigenvalue weighted by molar-refractivity contribution is 0.629. The smallest absolute Gasteiger partial charge is 0.162 e. The van der Waals surface area contributed by atoms with Crippen LogP contribution in [0.15, 0.2) is 36.4 Å². The number of rotatable bonds is 1. The number of aryl methyl sites for hydroxylation is 1. The molecule has 0 amide bonds. The van der Waals surface area contributed by atoms with Crippen LogP contribution < -0.4 is 5.73 Å². The first-order valence-electron chi connectivity index (χ1n) is 6.04. The van der Waals surface area contributed by atoms with Crippen LogP contribution in [0.2, 0.25) is 5.02 Å². The van der Waals surface area contributed by atoms with E-state index < -0.39 is 0 Å². The summed E-state index contributed by atoms with van der Waals surface area (Å²) < 4.78 is 13.2. The van der Waals surface area contributed by atoms with Gasteiger partial charge in [0.25, 0.3) is 0 Å². The number of nitrogens with zero attached hydrogens (tertiary/aromatic N) is 2. The molecule has 0 aliphatic rings. The van der Waals surface area contributed by atoms with Crippen LogP contribution >= 0.6 is 11.6 Å². The molecule has 1 aromatic heterocycles. The quantitative estimate of drug-likeness (QED) is 0.736. The Bertz CT molecular complexity index is 818. The minimum Gasteiger partial charge on any atom is -0.383 e. The van der Waals surface area contributed by atoms with Crippen molar-refractivity contribution in [2.75, 3.05) is 5.73 Å². The summed E-state index contributed by atoms with van der Waals surface area (Å²) in [5.41, 5.74) is 8.32. The summed E-state index contributed by atoms with van der Waals surface area (Å²) in [5, 5.41) is 1.17. The highest BCUT2D eigenvalue weighted by molar-refractivity contribution is 6.30. The van der Waals surface area contributed by atoms with Crippen LogP contribution in [0.4, 0.5) is 10.2 Å². The maximum Gasteiger partial charge on any atom is 0.162 e. The zero-order chi connectivity index (χ0) is 14.3. The number of halogens is 2. The number of fused-ring (bicyclic) bond motifs is 1. The third-order valence-electron chi connectivity index (χ3n) is 3.12. The van der Waals surface area contributed by atoms with Crippen LogP contribution in [-0.4, -0.2) is 9.97 Å². The van der Waals surface area contributed by atoms with Gasteiger partial charge in [0.1, 0.15) is 11.6 Å². The van der Waals surface area contributed by atoms with Crippen LogP contribution in [0, 0.1) is 12.7 Å². The standard InChI is InChI=1S/C15H11ClFN3/c1-8-6-9(16)2-4-11(8)15-19-13-5-3-10(17)7-12(13)14(18)20-15/h2-7H,1H3,(H2,18,19,20). The Balaban J connectivity index is 2.24. The van der Waals surface area contributed by atoms with E-state index in [1.807, 2.05) is 19.1 Å². The van der Waals surface area contributed by atoms with Gasteiger partial charge in [0.15, 0.2) is 5.82 Å². The number of anilines is 1. The first-order valence-corrected chi connectivity index (χ1v) is 6.42. The molecule has 0 unspecified atom stereocenters. The van der Waals surface area contributed by atoms with Gasteiger partial charge in [-0.3, -0.25) is 0 Å². The van der Waals surface area contributed by atoms with Gasteiger partial charge in [-0.05, 0) is 48.9 Å². The van der Waals surface area contributed by atoms with Crippen LogP contribution in [0.5, 0.6) is 0 Å². The Morgan fingerprint density at radius 1 is 1.10 bits per heavy atom. The van der Waals surface area contributed by atoms with Crippen molar-refractivity contribution in [3.05, 3.63) is 52.8 Å². The summed E-state index contributed by atoms with van der Waals surface area (Å²) in [6.07, 6.45) is 0. The van der Waals surface area contributed by atoms with E-state index in [1.54, 1.807) is 12.1 Å². The van der Waals surface area contributed by atoms with Gasteiger partial charge in [-0.1, -0.05) is 11.6 Å². The molecule has 0 aliphatic heterocycles. The molecule has 20 heavy (non-hydrogen) atoms. The summed E-state index contributed by atoms with van der Waals surface area (Å²) in [6.45, 7) is 1.93. The molecule has 100 valence electrons. The molecule has 0 atom stereocenters. The Morgan fingerprint density at radius 2 is 1.90 bits per heavy atom. The lowest BCUT2D eigenvalue weighted by atomic mass is 10.1. The van der Waals surface area contributed by atoms with Crippen molar-refractivity contribution in [3.8, 4) is 11.4 Å². The fourth-order valence-electron chi connectivity index (χ4n) is 2.12. The van der Waals surface area contributed by atoms with Crippen LogP contribution in [0.1, 0.15) is 5.56 Å². The molecule has 3 aromatic rings. The average Bonchev–Trinajstić information content (AvgIpc) is 2.39. The zero-order valence-corrected chi connectivity index (χ0v) is 11.4. The molecule has 0 spiro atoms. The van der Waals surface area contributed by atoms with Gasteiger partial charge in [0.05, 0.1) is 5.52 Å². The Labute approximate surface area is 120 Å². The third kappa shape index (κ3) is 2.18. The van der Waals surface area contributed by atoms with E-state index in [9.17, 15) is 4.39 Å². The van der Waals surface area contributed by atoms with Crippen LogP contribution in [0.3, 0.4) is 0 Å². The lowest BCUT2D eigenvalue weighted by Gasteiger charge is -2.08. The van der Waals surface area contributed by atoms with Crippen LogP contribution in [0.25, 0.3) is 22.3 Å². The van der Waals surface area contributed by atoms with E-state index in [0.717, 1.165) is 11.1 Å². The number of hydrogen-bond acceptors (Lipinski definition) is 3. The molecule has 1 heterocycles. The van der Waals surface area contributed by atoms with Gasteiger partial charge in [0, 0.05) is 16.0 Å². The minimum atomic E-state index is -0.358. The van der Waals surface area contributed by atoms with Crippen molar-refractivity contribution in [1.29, 1.82) is 0 Å². The molecule has 5 heteroatoms.